The molecule has 0 amide bonds. The highest BCUT2D eigenvalue weighted by Gasteiger charge is 2.53. The van der Waals surface area contributed by atoms with Crippen LogP contribution in [0.4, 0.5) is 0 Å². The van der Waals surface area contributed by atoms with Crippen molar-refractivity contribution in [3.63, 3.8) is 0 Å². The fourth-order valence-corrected chi connectivity index (χ4v) is 19.7. The smallest absolute Gasteiger partial charge is 0.0194 e. The Kier molecular flexibility index (Phi) is 67.2. The highest BCUT2D eigenvalue weighted by Crippen LogP contribution is 2.60. The number of allylic oxidation sites excluding steroid dienone is 4. The van der Waals surface area contributed by atoms with Gasteiger partial charge in [-0.25, -0.2) is 0 Å². The summed E-state index contributed by atoms with van der Waals surface area (Å²) in [6, 6.07) is 0. The lowest BCUT2D eigenvalue weighted by molar-refractivity contribution is -0.0840. The van der Waals surface area contributed by atoms with Crippen molar-refractivity contribution in [1.29, 1.82) is 0 Å². The zero-order chi connectivity index (χ0) is 54.1. The van der Waals surface area contributed by atoms with Crippen molar-refractivity contribution >= 4 is 0 Å². The van der Waals surface area contributed by atoms with Crippen LogP contribution in [0.5, 0.6) is 0 Å². The minimum absolute atomic E-state index is 0. The lowest BCUT2D eigenvalue weighted by Crippen LogP contribution is -2.51. The van der Waals surface area contributed by atoms with E-state index in [4.69, 9.17) is 0 Å². The molecule has 0 aromatic heterocycles. The summed E-state index contributed by atoms with van der Waals surface area (Å²) in [7, 11) is 0. The fourth-order valence-electron chi connectivity index (χ4n) is 19.7. The zero-order valence-electron chi connectivity index (χ0n) is 53.6. The topological polar surface area (TPSA) is 0 Å². The van der Waals surface area contributed by atoms with E-state index < -0.39 is 0 Å². The molecule has 5 fully saturated rings. The van der Waals surface area contributed by atoms with E-state index in [2.05, 4.69) is 108 Å². The molecule has 5 saturated carbocycles. The fraction of sp³-hybridized carbons (Fsp3) is 0.954. The number of rotatable bonds is 31. The van der Waals surface area contributed by atoms with Gasteiger partial charge in [0.2, 0.25) is 0 Å². The monoisotopic (exact) mass is 1230 g/mol. The van der Waals surface area contributed by atoms with E-state index in [1.165, 1.54) is 231 Å². The molecule has 6 aliphatic rings. The van der Waals surface area contributed by atoms with E-state index in [-0.39, 0.29) is 89.1 Å². The molecule has 0 bridgehead atoms. The van der Waals surface area contributed by atoms with E-state index in [1.807, 2.05) is 0 Å². The average Bonchev–Trinajstić information content (AvgIpc) is 1.76. The second kappa shape index (κ2) is 57.0. The second-order valence-corrected chi connectivity index (χ2v) is 29.5. The minimum Gasteiger partial charge on any atom is -0.0853 e. The standard InChI is InChI=1S/C39H74.C36H64.12CH4/c1-9-12-15-19-30(4)29-38(18-11-3)39(37-21-16-14-17-22-37)33(7)24-23-31(5)34(8)36-27-25-35(26-28-36)32(6)20-13-10-2;1-6-9-11-16-28-23-24-30(25-28)36-32(8-3)31(7-2)35(33-19-14-15-20-34(33)36)27(5)22-21-26(4)29-17-12-10-13-18-29;;;;;;;;;;;;/h20,30-31,33-39H,9-19,21-29H2,1-8H3;23-24,26-36H,6-22,25H2,1-5H3;12*1H4/b32-20+;;;;;;;;;;;;;. The Morgan fingerprint density at radius 1 is 0.448 bits per heavy atom. The van der Waals surface area contributed by atoms with Gasteiger partial charge >= 0.3 is 0 Å². The van der Waals surface area contributed by atoms with Crippen LogP contribution in [0.3, 0.4) is 0 Å². The van der Waals surface area contributed by atoms with Gasteiger partial charge in [-0.3, -0.25) is 0 Å². The summed E-state index contributed by atoms with van der Waals surface area (Å²) in [4.78, 5) is 0. The molecule has 6 rings (SSSR count). The molecule has 0 aromatic carbocycles. The molecule has 6 aliphatic carbocycles. The van der Waals surface area contributed by atoms with Crippen LogP contribution in [-0.4, -0.2) is 0 Å². The SMILES string of the molecule is C.C.C.C.C.C.C.C.C.C.C.C.CCC/C=C(\C)C1CCC(C(C)C(C)CCC(C)C(C2CCCCC2)C(CCC)CC(C)CCCCC)CC1.CCCCCC1C=CC(C2C(CC)C(CC)C(C(C)CCC(C)C3CCCCC3)C3CCCCC32)C1. The predicted octanol–water partition coefficient (Wildman–Crippen LogP) is 32.6. The van der Waals surface area contributed by atoms with E-state index in [0.717, 1.165) is 118 Å². The maximum atomic E-state index is 2.75. The Labute approximate surface area is 562 Å². The van der Waals surface area contributed by atoms with E-state index >= 15 is 0 Å². The first-order valence-electron chi connectivity index (χ1n) is 35.7. The van der Waals surface area contributed by atoms with E-state index in [9.17, 15) is 0 Å². The Morgan fingerprint density at radius 2 is 0.966 bits per heavy atom. The third kappa shape index (κ3) is 32.0. The Morgan fingerprint density at radius 3 is 1.51 bits per heavy atom. The van der Waals surface area contributed by atoms with Crippen LogP contribution in [0.25, 0.3) is 0 Å². The molecule has 0 saturated heterocycles. The van der Waals surface area contributed by atoms with E-state index in [1.54, 1.807) is 18.4 Å². The molecule has 0 aliphatic heterocycles. The van der Waals surface area contributed by atoms with Gasteiger partial charge in [-0.05, 0) is 189 Å². The van der Waals surface area contributed by atoms with Crippen molar-refractivity contribution in [2.24, 2.45) is 118 Å². The predicted molar refractivity (Wildman–Crippen MR) is 417 cm³/mol. The van der Waals surface area contributed by atoms with Gasteiger partial charge in [-0.1, -0.05) is 376 Å². The van der Waals surface area contributed by atoms with E-state index in [0.29, 0.717) is 0 Å². The van der Waals surface area contributed by atoms with Gasteiger partial charge in [-0.2, -0.15) is 0 Å². The summed E-state index contributed by atoms with van der Waals surface area (Å²) in [5.41, 5.74) is 1.69. The first kappa shape index (κ1) is 103. The highest BCUT2D eigenvalue weighted by molar-refractivity contribution is 5.10. The lowest BCUT2D eigenvalue weighted by Gasteiger charge is -2.57. The molecular formula is C87H186. The third-order valence-electron chi connectivity index (χ3n) is 24.4. The number of unbranched alkanes of at least 4 members (excludes halogenated alkanes) is 5. The summed E-state index contributed by atoms with van der Waals surface area (Å²) in [6.07, 6.45) is 63.7. The molecule has 0 spiro atoms. The molecular weight excluding hydrogens is 1040 g/mol. The Balaban J connectivity index is -0.000000210. The van der Waals surface area contributed by atoms with Gasteiger partial charge in [0, 0.05) is 0 Å². The van der Waals surface area contributed by atoms with Gasteiger partial charge in [0.05, 0.1) is 0 Å². The molecule has 16 unspecified atom stereocenters. The Hall–Kier alpha value is -0.520. The normalized spacial score (nSPS) is 27.9. The Bertz CT molecular complexity index is 1470. The van der Waals surface area contributed by atoms with Gasteiger partial charge in [0.1, 0.15) is 0 Å². The molecule has 0 nitrogen and oxygen atoms in total. The van der Waals surface area contributed by atoms with Gasteiger partial charge in [0.15, 0.2) is 0 Å². The summed E-state index contributed by atoms with van der Waals surface area (Å²) < 4.78 is 0. The molecule has 0 radical (unpaired) electrons. The van der Waals surface area contributed by atoms with Gasteiger partial charge < -0.3 is 0 Å². The molecule has 87 heavy (non-hydrogen) atoms. The van der Waals surface area contributed by atoms with Crippen molar-refractivity contribution in [3.05, 3.63) is 23.8 Å². The molecule has 0 heteroatoms. The molecule has 0 heterocycles. The van der Waals surface area contributed by atoms with Crippen LogP contribution >= 0.6 is 0 Å². The third-order valence-corrected chi connectivity index (χ3v) is 24.4. The van der Waals surface area contributed by atoms with Crippen molar-refractivity contribution < 1.29 is 0 Å². The van der Waals surface area contributed by atoms with Gasteiger partial charge in [-0.15, -0.1) is 0 Å². The highest BCUT2D eigenvalue weighted by atomic mass is 14.6. The maximum Gasteiger partial charge on any atom is -0.0194 e. The largest absolute Gasteiger partial charge is 0.0853 e. The summed E-state index contributed by atoms with van der Waals surface area (Å²) in [6.45, 7) is 32.8. The van der Waals surface area contributed by atoms with Crippen LogP contribution in [0.15, 0.2) is 23.8 Å². The van der Waals surface area contributed by atoms with Crippen LogP contribution in [0.2, 0.25) is 0 Å². The molecule has 0 N–H and O–H groups in total. The van der Waals surface area contributed by atoms with Gasteiger partial charge in [0.25, 0.3) is 0 Å². The average molecular weight is 1230 g/mol. The van der Waals surface area contributed by atoms with Crippen molar-refractivity contribution in [1.82, 2.24) is 0 Å². The lowest BCUT2D eigenvalue weighted by atomic mass is 9.48. The second-order valence-electron chi connectivity index (χ2n) is 29.5. The molecule has 0 aromatic rings. The van der Waals surface area contributed by atoms with Crippen LogP contribution in [0.1, 0.15) is 423 Å². The summed E-state index contributed by atoms with van der Waals surface area (Å²) in [5.74, 6) is 19.1. The summed E-state index contributed by atoms with van der Waals surface area (Å²) in [5, 5.41) is 0. The number of hydrogen-bond donors (Lipinski definition) is 0. The van der Waals surface area contributed by atoms with Crippen LogP contribution in [-0.2, 0) is 0 Å². The minimum atomic E-state index is 0. The zero-order valence-corrected chi connectivity index (χ0v) is 53.6. The van der Waals surface area contributed by atoms with Crippen LogP contribution < -0.4 is 0 Å². The number of fused-ring (bicyclic) bond motifs is 1. The molecule has 16 atom stereocenters. The maximum absolute atomic E-state index is 2.75. The number of hydrogen-bond acceptors (Lipinski definition) is 0. The molecule has 534 valence electrons. The van der Waals surface area contributed by atoms with Crippen LogP contribution in [0, 0.1) is 118 Å². The van der Waals surface area contributed by atoms with Crippen molar-refractivity contribution in [2.45, 2.75) is 423 Å². The summed E-state index contributed by atoms with van der Waals surface area (Å²) >= 11 is 0. The first-order chi connectivity index (χ1) is 36.4. The first-order valence-corrected chi connectivity index (χ1v) is 35.7. The quantitative estimate of drug-likeness (QED) is 0.0479. The van der Waals surface area contributed by atoms with Crippen molar-refractivity contribution in [2.75, 3.05) is 0 Å². The van der Waals surface area contributed by atoms with Crippen molar-refractivity contribution in [3.8, 4) is 0 Å².